The van der Waals surface area contributed by atoms with E-state index in [0.29, 0.717) is 6.42 Å². The molecule has 0 atom stereocenters. The summed E-state index contributed by atoms with van der Waals surface area (Å²) in [6.45, 7) is 3.10. The van der Waals surface area contributed by atoms with Crippen molar-refractivity contribution in [1.82, 2.24) is 4.90 Å². The standard InChI is InChI=1S/C21H25NO2/c23-21(17-19-9-5-2-6-10-19)24-20-12-15-22(16-13-20)14-11-18-7-3-1-4-8-18/h1-10,20H,11-17H2. The van der Waals surface area contributed by atoms with E-state index in [1.807, 2.05) is 30.3 Å². The number of hydrogen-bond acceptors (Lipinski definition) is 3. The fraction of sp³-hybridized carbons (Fsp3) is 0.381. The molecule has 1 heterocycles. The first-order chi connectivity index (χ1) is 11.8. The fourth-order valence-corrected chi connectivity index (χ4v) is 3.17. The highest BCUT2D eigenvalue weighted by atomic mass is 16.5. The monoisotopic (exact) mass is 323 g/mol. The molecule has 1 aliphatic heterocycles. The molecule has 24 heavy (non-hydrogen) atoms. The number of benzene rings is 2. The maximum atomic E-state index is 12.0. The Hall–Kier alpha value is -2.13. The molecule has 3 nitrogen and oxygen atoms in total. The van der Waals surface area contributed by atoms with Gasteiger partial charge in [-0.1, -0.05) is 60.7 Å². The van der Waals surface area contributed by atoms with Crippen LogP contribution in [0.3, 0.4) is 0 Å². The van der Waals surface area contributed by atoms with Crippen LogP contribution in [0.1, 0.15) is 24.0 Å². The van der Waals surface area contributed by atoms with E-state index < -0.39 is 0 Å². The van der Waals surface area contributed by atoms with E-state index in [-0.39, 0.29) is 12.1 Å². The highest BCUT2D eigenvalue weighted by Gasteiger charge is 2.22. The Bertz CT molecular complexity index is 619. The van der Waals surface area contributed by atoms with Crippen LogP contribution in [-0.2, 0) is 22.4 Å². The Morgan fingerprint density at radius 1 is 0.917 bits per heavy atom. The molecule has 0 spiro atoms. The number of piperidine rings is 1. The summed E-state index contributed by atoms with van der Waals surface area (Å²) in [6, 6.07) is 20.4. The van der Waals surface area contributed by atoms with E-state index in [9.17, 15) is 4.79 Å². The van der Waals surface area contributed by atoms with E-state index >= 15 is 0 Å². The molecule has 0 saturated carbocycles. The van der Waals surface area contributed by atoms with Gasteiger partial charge >= 0.3 is 5.97 Å². The third-order valence-corrected chi connectivity index (χ3v) is 4.58. The molecule has 0 unspecified atom stereocenters. The van der Waals surface area contributed by atoms with Crippen molar-refractivity contribution in [2.75, 3.05) is 19.6 Å². The normalized spacial score (nSPS) is 16.0. The zero-order valence-corrected chi connectivity index (χ0v) is 14.1. The van der Waals surface area contributed by atoms with Crippen molar-refractivity contribution in [3.05, 3.63) is 71.8 Å². The molecule has 126 valence electrons. The zero-order valence-electron chi connectivity index (χ0n) is 14.1. The minimum Gasteiger partial charge on any atom is -0.462 e. The topological polar surface area (TPSA) is 29.5 Å². The molecular formula is C21H25NO2. The third kappa shape index (κ3) is 5.20. The average molecular weight is 323 g/mol. The van der Waals surface area contributed by atoms with Gasteiger partial charge in [0.15, 0.2) is 0 Å². The van der Waals surface area contributed by atoms with Gasteiger partial charge in [-0.05, 0) is 30.4 Å². The van der Waals surface area contributed by atoms with Crippen molar-refractivity contribution in [1.29, 1.82) is 0 Å². The third-order valence-electron chi connectivity index (χ3n) is 4.58. The van der Waals surface area contributed by atoms with Crippen LogP contribution in [0.2, 0.25) is 0 Å². The van der Waals surface area contributed by atoms with Crippen LogP contribution < -0.4 is 0 Å². The van der Waals surface area contributed by atoms with Crippen LogP contribution in [0.4, 0.5) is 0 Å². The molecule has 1 fully saturated rings. The summed E-state index contributed by atoms with van der Waals surface area (Å²) < 4.78 is 5.64. The minimum absolute atomic E-state index is 0.0780. The van der Waals surface area contributed by atoms with Crippen LogP contribution in [0.15, 0.2) is 60.7 Å². The van der Waals surface area contributed by atoms with Crippen molar-refractivity contribution in [2.24, 2.45) is 0 Å². The van der Waals surface area contributed by atoms with Gasteiger partial charge in [0.05, 0.1) is 6.42 Å². The van der Waals surface area contributed by atoms with Gasteiger partial charge < -0.3 is 9.64 Å². The molecule has 0 radical (unpaired) electrons. The quantitative estimate of drug-likeness (QED) is 0.762. The number of ether oxygens (including phenoxy) is 1. The molecule has 0 aliphatic carbocycles. The zero-order chi connectivity index (χ0) is 16.6. The lowest BCUT2D eigenvalue weighted by Gasteiger charge is -2.31. The van der Waals surface area contributed by atoms with Gasteiger partial charge in [-0.2, -0.15) is 0 Å². The van der Waals surface area contributed by atoms with E-state index in [1.54, 1.807) is 0 Å². The summed E-state index contributed by atoms with van der Waals surface area (Å²) in [5.74, 6) is -0.107. The van der Waals surface area contributed by atoms with E-state index in [2.05, 4.69) is 35.2 Å². The van der Waals surface area contributed by atoms with E-state index in [0.717, 1.165) is 44.5 Å². The minimum atomic E-state index is -0.107. The number of hydrogen-bond donors (Lipinski definition) is 0. The molecule has 0 bridgehead atoms. The van der Waals surface area contributed by atoms with Crippen LogP contribution in [0.25, 0.3) is 0 Å². The number of likely N-dealkylation sites (tertiary alicyclic amines) is 1. The predicted octanol–water partition coefficient (Wildman–Crippen LogP) is 3.48. The molecule has 2 aromatic rings. The summed E-state index contributed by atoms with van der Waals surface area (Å²) in [4.78, 5) is 14.5. The average Bonchev–Trinajstić information content (AvgIpc) is 2.63. The number of esters is 1. The van der Waals surface area contributed by atoms with E-state index in [4.69, 9.17) is 4.74 Å². The molecule has 0 aromatic heterocycles. The Balaban J connectivity index is 1.36. The summed E-state index contributed by atoms with van der Waals surface area (Å²) in [5.41, 5.74) is 2.40. The predicted molar refractivity (Wildman–Crippen MR) is 95.8 cm³/mol. The number of carbonyl (C=O) groups is 1. The lowest BCUT2D eigenvalue weighted by atomic mass is 10.1. The summed E-state index contributed by atoms with van der Waals surface area (Å²) in [6.07, 6.45) is 3.41. The van der Waals surface area contributed by atoms with Gasteiger partial charge in [-0.25, -0.2) is 0 Å². The molecule has 1 aliphatic rings. The smallest absolute Gasteiger partial charge is 0.310 e. The highest BCUT2D eigenvalue weighted by molar-refractivity contribution is 5.72. The van der Waals surface area contributed by atoms with Crippen molar-refractivity contribution in [3.63, 3.8) is 0 Å². The summed E-state index contributed by atoms with van der Waals surface area (Å²) in [7, 11) is 0. The SMILES string of the molecule is O=C(Cc1ccccc1)OC1CCN(CCc2ccccc2)CC1. The Morgan fingerprint density at radius 2 is 1.50 bits per heavy atom. The number of nitrogens with zero attached hydrogens (tertiary/aromatic N) is 1. The lowest BCUT2D eigenvalue weighted by Crippen LogP contribution is -2.39. The van der Waals surface area contributed by atoms with Gasteiger partial charge in [0.25, 0.3) is 0 Å². The Morgan fingerprint density at radius 3 is 2.12 bits per heavy atom. The van der Waals surface area contributed by atoms with Crippen LogP contribution in [0.5, 0.6) is 0 Å². The Kier molecular flexibility index (Phi) is 6.02. The summed E-state index contributed by atoms with van der Waals surface area (Å²) in [5, 5.41) is 0. The second-order valence-electron chi connectivity index (χ2n) is 6.43. The molecule has 1 saturated heterocycles. The first kappa shape index (κ1) is 16.7. The van der Waals surface area contributed by atoms with Gasteiger partial charge in [0, 0.05) is 19.6 Å². The van der Waals surface area contributed by atoms with Gasteiger partial charge in [0.2, 0.25) is 0 Å². The van der Waals surface area contributed by atoms with Gasteiger partial charge in [0.1, 0.15) is 6.10 Å². The second-order valence-corrected chi connectivity index (χ2v) is 6.43. The number of carbonyl (C=O) groups excluding carboxylic acids is 1. The van der Waals surface area contributed by atoms with Crippen molar-refractivity contribution < 1.29 is 9.53 Å². The molecular weight excluding hydrogens is 298 g/mol. The molecule has 0 N–H and O–H groups in total. The van der Waals surface area contributed by atoms with Crippen LogP contribution >= 0.6 is 0 Å². The highest BCUT2D eigenvalue weighted by Crippen LogP contribution is 2.15. The first-order valence-electron chi connectivity index (χ1n) is 8.79. The molecule has 2 aromatic carbocycles. The van der Waals surface area contributed by atoms with Crippen LogP contribution in [-0.4, -0.2) is 36.6 Å². The molecule has 3 heteroatoms. The molecule has 0 amide bonds. The second kappa shape index (κ2) is 8.65. The number of rotatable bonds is 6. The maximum Gasteiger partial charge on any atom is 0.310 e. The van der Waals surface area contributed by atoms with Gasteiger partial charge in [-0.3, -0.25) is 4.79 Å². The largest absolute Gasteiger partial charge is 0.462 e. The maximum absolute atomic E-state index is 12.0. The lowest BCUT2D eigenvalue weighted by molar-refractivity contribution is -0.150. The van der Waals surface area contributed by atoms with E-state index in [1.165, 1.54) is 5.56 Å². The first-order valence-corrected chi connectivity index (χ1v) is 8.79. The Labute approximate surface area is 144 Å². The summed E-state index contributed by atoms with van der Waals surface area (Å²) >= 11 is 0. The van der Waals surface area contributed by atoms with Crippen molar-refractivity contribution in [2.45, 2.75) is 31.8 Å². The molecule has 3 rings (SSSR count). The fourth-order valence-electron chi connectivity index (χ4n) is 3.17. The van der Waals surface area contributed by atoms with Crippen molar-refractivity contribution >= 4 is 5.97 Å². The van der Waals surface area contributed by atoms with Crippen molar-refractivity contribution in [3.8, 4) is 0 Å². The van der Waals surface area contributed by atoms with Crippen LogP contribution in [0, 0.1) is 0 Å². The van der Waals surface area contributed by atoms with Gasteiger partial charge in [-0.15, -0.1) is 0 Å².